The molecule has 0 spiro atoms. The Morgan fingerprint density at radius 1 is 1.12 bits per heavy atom. The molecule has 0 fully saturated rings. The zero-order valence-electron chi connectivity index (χ0n) is 13.8. The minimum absolute atomic E-state index is 0.0107. The van der Waals surface area contributed by atoms with Crippen LogP contribution in [0.5, 0.6) is 0 Å². The molecule has 130 valence electrons. The number of hydrogen-bond donors (Lipinski definition) is 1. The molecule has 5 nitrogen and oxygen atoms in total. The fourth-order valence-corrected chi connectivity index (χ4v) is 3.71. The van der Waals surface area contributed by atoms with Crippen molar-refractivity contribution in [2.45, 2.75) is 11.4 Å². The number of aliphatic hydroxyl groups excluding tert-OH is 1. The smallest absolute Gasteiger partial charge is 0.243 e. The van der Waals surface area contributed by atoms with E-state index in [1.807, 2.05) is 54.6 Å². The number of para-hydroxylation sites is 1. The average molecular weight is 356 g/mol. The second-order valence-corrected chi connectivity index (χ2v) is 6.78. The molecule has 2 aromatic carbocycles. The Bertz CT molecular complexity index is 751. The van der Waals surface area contributed by atoms with Crippen molar-refractivity contribution in [2.24, 2.45) is 0 Å². The van der Waals surface area contributed by atoms with E-state index >= 15 is 0 Å². The molecule has 1 N–H and O–H groups in total. The number of carbonyl (C=O) groups excluding carboxylic acids is 2. The van der Waals surface area contributed by atoms with E-state index in [1.165, 1.54) is 11.8 Å². The van der Waals surface area contributed by atoms with Crippen LogP contribution < -0.4 is 4.90 Å². The van der Waals surface area contributed by atoms with Gasteiger partial charge in [0.2, 0.25) is 11.8 Å². The fourth-order valence-electron chi connectivity index (χ4n) is 2.78. The second-order valence-electron chi connectivity index (χ2n) is 5.76. The van der Waals surface area contributed by atoms with E-state index < -0.39 is 0 Å². The number of hydrogen-bond acceptors (Lipinski definition) is 4. The van der Waals surface area contributed by atoms with Crippen molar-refractivity contribution >= 4 is 29.3 Å². The summed E-state index contributed by atoms with van der Waals surface area (Å²) in [6.45, 7) is 0.535. The summed E-state index contributed by atoms with van der Waals surface area (Å²) in [4.78, 5) is 29.2. The monoisotopic (exact) mass is 356 g/mol. The molecular weight excluding hydrogens is 336 g/mol. The summed E-state index contributed by atoms with van der Waals surface area (Å²) in [6, 6.07) is 17.2. The van der Waals surface area contributed by atoms with Crippen LogP contribution in [-0.2, 0) is 16.1 Å². The first-order chi connectivity index (χ1) is 12.2. The van der Waals surface area contributed by atoms with E-state index in [0.29, 0.717) is 12.3 Å². The number of anilines is 1. The van der Waals surface area contributed by atoms with Gasteiger partial charge in [0.05, 0.1) is 18.0 Å². The van der Waals surface area contributed by atoms with Crippen molar-refractivity contribution in [1.82, 2.24) is 4.90 Å². The molecule has 0 unspecified atom stereocenters. The van der Waals surface area contributed by atoms with Gasteiger partial charge >= 0.3 is 0 Å². The third-order valence-electron chi connectivity index (χ3n) is 4.04. The van der Waals surface area contributed by atoms with Crippen LogP contribution in [-0.4, -0.2) is 47.3 Å². The van der Waals surface area contributed by atoms with Gasteiger partial charge in [0.25, 0.3) is 0 Å². The van der Waals surface area contributed by atoms with Crippen LogP contribution in [0.1, 0.15) is 5.56 Å². The number of benzene rings is 2. The summed E-state index contributed by atoms with van der Waals surface area (Å²) in [5.41, 5.74) is 1.77. The molecule has 0 bridgehead atoms. The Morgan fingerprint density at radius 2 is 1.84 bits per heavy atom. The van der Waals surface area contributed by atoms with Crippen molar-refractivity contribution in [2.75, 3.05) is 30.3 Å². The molecule has 25 heavy (non-hydrogen) atoms. The highest BCUT2D eigenvalue weighted by atomic mass is 32.2. The normalized spacial score (nSPS) is 13.5. The van der Waals surface area contributed by atoms with Gasteiger partial charge in [-0.25, -0.2) is 0 Å². The lowest BCUT2D eigenvalue weighted by molar-refractivity contribution is -0.132. The molecule has 0 aromatic heterocycles. The second kappa shape index (κ2) is 8.18. The molecule has 1 aliphatic rings. The van der Waals surface area contributed by atoms with Gasteiger partial charge < -0.3 is 14.9 Å². The molecule has 1 aliphatic heterocycles. The first-order valence-corrected chi connectivity index (χ1v) is 9.12. The Balaban J connectivity index is 1.76. The number of fused-ring (bicyclic) bond motifs is 1. The minimum atomic E-state index is -0.173. The maximum atomic E-state index is 12.8. The van der Waals surface area contributed by atoms with E-state index in [4.69, 9.17) is 0 Å². The third kappa shape index (κ3) is 4.21. The first-order valence-electron chi connectivity index (χ1n) is 8.14. The molecule has 0 radical (unpaired) electrons. The summed E-state index contributed by atoms with van der Waals surface area (Å²) in [5.74, 6) is 0.0943. The molecule has 1 heterocycles. The van der Waals surface area contributed by atoms with Crippen LogP contribution in [0.4, 0.5) is 5.69 Å². The molecular formula is C19H20N2O3S. The largest absolute Gasteiger partial charge is 0.395 e. The van der Waals surface area contributed by atoms with Gasteiger partial charge in [-0.1, -0.05) is 42.5 Å². The van der Waals surface area contributed by atoms with Crippen molar-refractivity contribution in [3.63, 3.8) is 0 Å². The predicted molar refractivity (Wildman–Crippen MR) is 98.5 cm³/mol. The number of thioether (sulfide) groups is 1. The van der Waals surface area contributed by atoms with Crippen molar-refractivity contribution < 1.29 is 14.7 Å². The van der Waals surface area contributed by atoms with Gasteiger partial charge in [-0.2, -0.15) is 0 Å². The maximum absolute atomic E-state index is 12.8. The quantitative estimate of drug-likeness (QED) is 0.862. The van der Waals surface area contributed by atoms with Gasteiger partial charge in [-0.3, -0.25) is 9.59 Å². The average Bonchev–Trinajstić information content (AvgIpc) is 2.64. The van der Waals surface area contributed by atoms with E-state index in [-0.39, 0.29) is 31.5 Å². The molecule has 2 amide bonds. The highest BCUT2D eigenvalue weighted by Gasteiger charge is 2.27. The Morgan fingerprint density at radius 3 is 2.60 bits per heavy atom. The number of amides is 2. The van der Waals surface area contributed by atoms with Gasteiger partial charge in [0.1, 0.15) is 6.54 Å². The summed E-state index contributed by atoms with van der Waals surface area (Å²) in [6.07, 6.45) is 0. The third-order valence-corrected chi connectivity index (χ3v) is 5.09. The van der Waals surface area contributed by atoms with Gasteiger partial charge in [-0.15, -0.1) is 11.8 Å². The standard InChI is InChI=1S/C19H20N2O3S/c22-11-10-20(12-15-6-2-1-3-7-15)18(23)13-21-16-8-4-5-9-17(16)25-14-19(21)24/h1-9,22H,10-14H2. The Hall–Kier alpha value is -2.31. The molecule has 6 heteroatoms. The maximum Gasteiger partial charge on any atom is 0.243 e. The first kappa shape index (κ1) is 17.5. The highest BCUT2D eigenvalue weighted by molar-refractivity contribution is 8.00. The number of nitrogens with zero attached hydrogens (tertiary/aromatic N) is 2. The SMILES string of the molecule is O=C(CN1C(=O)CSc2ccccc21)N(CCO)Cc1ccccc1. The van der Waals surface area contributed by atoms with Crippen molar-refractivity contribution in [3.05, 3.63) is 60.2 Å². The number of aliphatic hydroxyl groups is 1. The lowest BCUT2D eigenvalue weighted by atomic mass is 10.2. The number of carbonyl (C=O) groups is 2. The number of rotatable bonds is 6. The lowest BCUT2D eigenvalue weighted by Gasteiger charge is -2.31. The van der Waals surface area contributed by atoms with Crippen LogP contribution in [0.25, 0.3) is 0 Å². The van der Waals surface area contributed by atoms with E-state index in [0.717, 1.165) is 16.1 Å². The van der Waals surface area contributed by atoms with E-state index in [2.05, 4.69) is 0 Å². The lowest BCUT2D eigenvalue weighted by Crippen LogP contribution is -2.45. The van der Waals surface area contributed by atoms with Gasteiger partial charge in [0.15, 0.2) is 0 Å². The summed E-state index contributed by atoms with van der Waals surface area (Å²) < 4.78 is 0. The van der Waals surface area contributed by atoms with E-state index in [9.17, 15) is 14.7 Å². The minimum Gasteiger partial charge on any atom is -0.395 e. The zero-order valence-corrected chi connectivity index (χ0v) is 14.6. The molecule has 0 aliphatic carbocycles. The Labute approximate surface area is 151 Å². The summed E-state index contributed by atoms with van der Waals surface area (Å²) in [7, 11) is 0. The Kier molecular flexibility index (Phi) is 5.73. The molecule has 0 saturated heterocycles. The van der Waals surface area contributed by atoms with Crippen molar-refractivity contribution in [3.8, 4) is 0 Å². The van der Waals surface area contributed by atoms with Crippen LogP contribution in [0.15, 0.2) is 59.5 Å². The fraction of sp³-hybridized carbons (Fsp3) is 0.263. The summed E-state index contributed by atoms with van der Waals surface area (Å²) >= 11 is 1.49. The van der Waals surface area contributed by atoms with Crippen LogP contribution in [0, 0.1) is 0 Å². The van der Waals surface area contributed by atoms with Crippen LogP contribution in [0.3, 0.4) is 0 Å². The van der Waals surface area contributed by atoms with Gasteiger partial charge in [0, 0.05) is 18.0 Å². The topological polar surface area (TPSA) is 60.9 Å². The molecule has 0 saturated carbocycles. The summed E-state index contributed by atoms with van der Waals surface area (Å²) in [5, 5.41) is 9.30. The van der Waals surface area contributed by atoms with Gasteiger partial charge in [-0.05, 0) is 17.7 Å². The highest BCUT2D eigenvalue weighted by Crippen LogP contribution is 2.34. The van der Waals surface area contributed by atoms with Crippen molar-refractivity contribution in [1.29, 1.82) is 0 Å². The van der Waals surface area contributed by atoms with Crippen LogP contribution in [0.2, 0.25) is 0 Å². The molecule has 2 aromatic rings. The zero-order chi connectivity index (χ0) is 17.6. The predicted octanol–water partition coefficient (Wildman–Crippen LogP) is 2.15. The molecule has 0 atom stereocenters. The molecule has 3 rings (SSSR count). The van der Waals surface area contributed by atoms with E-state index in [1.54, 1.807) is 9.80 Å². The van der Waals surface area contributed by atoms with Crippen LogP contribution >= 0.6 is 11.8 Å².